The zero-order chi connectivity index (χ0) is 23.0. The highest BCUT2D eigenvalue weighted by Gasteiger charge is 2.12. The molecule has 3 rings (SSSR count). The molecule has 0 bridgehead atoms. The number of ether oxygens (including phenoxy) is 3. The van der Waals surface area contributed by atoms with Crippen molar-refractivity contribution in [2.24, 2.45) is 0 Å². The van der Waals surface area contributed by atoms with Crippen LogP contribution < -0.4 is 43.2 Å². The van der Waals surface area contributed by atoms with Crippen molar-refractivity contribution in [1.29, 1.82) is 0 Å². The molecule has 0 aliphatic heterocycles. The summed E-state index contributed by atoms with van der Waals surface area (Å²) in [5.41, 5.74) is 1.71. The minimum Gasteiger partial charge on any atom is -0.497 e. The second kappa shape index (κ2) is 11.0. The quantitative estimate of drug-likeness (QED) is 0.440. The average Bonchev–Trinajstić information content (AvgIpc) is 2.75. The lowest BCUT2D eigenvalue weighted by molar-refractivity contribution is -2.00. The van der Waals surface area contributed by atoms with E-state index in [1.165, 1.54) is 0 Å². The maximum Gasteiger partial charge on any atom is 0.213 e. The first kappa shape index (κ1) is 24.4. The van der Waals surface area contributed by atoms with E-state index in [1.807, 2.05) is 42.5 Å². The van der Waals surface area contributed by atoms with Crippen molar-refractivity contribution in [3.05, 3.63) is 47.8 Å². The van der Waals surface area contributed by atoms with Gasteiger partial charge < -0.3 is 18.6 Å². The van der Waals surface area contributed by atoms with Crippen molar-refractivity contribution in [3.63, 3.8) is 0 Å². The third-order valence-electron chi connectivity index (χ3n) is 4.21. The molecule has 0 atom stereocenters. The fourth-order valence-electron chi connectivity index (χ4n) is 2.83. The van der Waals surface area contributed by atoms with Gasteiger partial charge in [-0.25, -0.2) is 23.6 Å². The maximum atomic E-state index is 8.49. The monoisotopic (exact) mass is 453 g/mol. The van der Waals surface area contributed by atoms with E-state index in [1.54, 1.807) is 21.3 Å². The van der Waals surface area contributed by atoms with Gasteiger partial charge in [-0.05, 0) is 36.4 Å². The van der Waals surface area contributed by atoms with Crippen LogP contribution in [0.25, 0.3) is 22.3 Å². The van der Waals surface area contributed by atoms with Crippen LogP contribution in [-0.4, -0.2) is 27.9 Å². The summed E-state index contributed by atoms with van der Waals surface area (Å²) >= 11 is 0. The number of hydrogen-bond donors (Lipinski definition) is 1. The number of rotatable bonds is 6. The Morgan fingerprint density at radius 3 is 2.13 bits per heavy atom. The van der Waals surface area contributed by atoms with E-state index in [0.29, 0.717) is 11.5 Å². The molecule has 10 heteroatoms. The predicted molar refractivity (Wildman–Crippen MR) is 101 cm³/mol. The molecule has 0 saturated heterocycles. The highest BCUT2D eigenvalue weighted by molar-refractivity contribution is 5.79. The van der Waals surface area contributed by atoms with Crippen LogP contribution in [0.15, 0.2) is 46.9 Å². The molecule has 0 unspecified atom stereocenters. The van der Waals surface area contributed by atoms with Crippen molar-refractivity contribution >= 4 is 11.0 Å². The molecule has 2 aromatic carbocycles. The van der Waals surface area contributed by atoms with Crippen LogP contribution in [0, 0.1) is 10.2 Å². The van der Waals surface area contributed by atoms with E-state index < -0.39 is 10.2 Å². The Balaban J connectivity index is 0.000000614. The number of methoxy groups -OCH3 is 3. The van der Waals surface area contributed by atoms with Crippen molar-refractivity contribution in [1.82, 2.24) is 0 Å². The van der Waals surface area contributed by atoms with Crippen molar-refractivity contribution in [2.75, 3.05) is 27.9 Å². The number of nitrogens with one attached hydrogen (secondary N) is 1. The second-order valence-corrected chi connectivity index (χ2v) is 7.02. The molecule has 0 aliphatic rings. The topological polar surface area (TPSA) is 147 Å². The van der Waals surface area contributed by atoms with Gasteiger partial charge in [0.05, 0.1) is 32.8 Å². The van der Waals surface area contributed by atoms with Crippen LogP contribution in [0.2, 0.25) is 0 Å². The molecular weight excluding hydrogens is 430 g/mol. The van der Waals surface area contributed by atoms with Gasteiger partial charge in [-0.2, -0.15) is 0 Å². The average molecular weight is 454 g/mol. The Morgan fingerprint density at radius 2 is 1.55 bits per heavy atom. The minimum absolute atomic E-state index is 0.665. The number of hydrogen-bond acceptors (Lipinski definition) is 8. The smallest absolute Gasteiger partial charge is 0.213 e. The van der Waals surface area contributed by atoms with Gasteiger partial charge in [0.15, 0.2) is 11.5 Å². The maximum absolute atomic E-state index is 8.49. The third-order valence-corrected chi connectivity index (χ3v) is 4.21. The van der Waals surface area contributed by atoms with E-state index in [0.717, 1.165) is 46.4 Å². The van der Waals surface area contributed by atoms with Gasteiger partial charge in [0.25, 0.3) is 0 Å². The zero-order valence-electron chi connectivity index (χ0n) is 17.6. The number of fused-ring (bicyclic) bond motifs is 1. The second-order valence-electron chi connectivity index (χ2n) is 6.26. The summed E-state index contributed by atoms with van der Waals surface area (Å²) < 4.78 is 56.2. The van der Waals surface area contributed by atoms with Crippen LogP contribution in [0.1, 0.15) is 13.3 Å². The highest BCUT2D eigenvalue weighted by atomic mass is 35.7. The standard InChI is InChI=1S/C21H23NO4.ClHO4/c1-5-10-22-17-13-20(14-6-8-19(24-3)21(11-14)25-4)26-18-9-7-15(23-2)12-16(17)18;2-1(3,4)5/h6-9,11-13H,5,10H2,1-4H3;(H,2,3,4,5). The summed E-state index contributed by atoms with van der Waals surface area (Å²) in [6, 6.07) is 13.6. The number of halogens is 1. The van der Waals surface area contributed by atoms with E-state index in [4.69, 9.17) is 37.3 Å². The van der Waals surface area contributed by atoms with Gasteiger partial charge in [-0.15, -0.1) is 10.2 Å². The lowest BCUT2D eigenvalue weighted by Crippen LogP contribution is -2.76. The molecule has 0 saturated carbocycles. The molecule has 9 nitrogen and oxygen atoms in total. The fraction of sp³-hybridized carbons (Fsp3) is 0.286. The Labute approximate surface area is 181 Å². The molecule has 0 aliphatic carbocycles. The molecule has 1 aromatic heterocycles. The minimum atomic E-state index is -4.94. The Hall–Kier alpha value is -2.82. The van der Waals surface area contributed by atoms with Crippen LogP contribution in [0.4, 0.5) is 0 Å². The highest BCUT2D eigenvalue weighted by Crippen LogP contribution is 2.32. The van der Waals surface area contributed by atoms with Crippen LogP contribution in [0.5, 0.6) is 17.2 Å². The summed E-state index contributed by atoms with van der Waals surface area (Å²) in [4.78, 5) is 3.48. The van der Waals surface area contributed by atoms with Crippen molar-refractivity contribution in [3.8, 4) is 28.6 Å². The first-order valence-electron chi connectivity index (χ1n) is 9.23. The molecule has 0 amide bonds. The van der Waals surface area contributed by atoms with Crippen LogP contribution >= 0.6 is 0 Å². The lowest BCUT2D eigenvalue weighted by atomic mass is 10.1. The summed E-state index contributed by atoms with van der Waals surface area (Å²) in [6.45, 7) is 3.01. The molecule has 168 valence electrons. The van der Waals surface area contributed by atoms with E-state index in [2.05, 4.69) is 11.9 Å². The largest absolute Gasteiger partial charge is 0.497 e. The Morgan fingerprint density at radius 1 is 0.871 bits per heavy atom. The molecular formula is C21H24ClNO8. The van der Waals surface area contributed by atoms with Gasteiger partial charge in [-0.3, -0.25) is 0 Å². The molecule has 0 fully saturated rings. The van der Waals surface area contributed by atoms with Crippen LogP contribution in [0.3, 0.4) is 0 Å². The molecule has 1 N–H and O–H groups in total. The first-order valence-corrected chi connectivity index (χ1v) is 10.5. The Bertz CT molecular complexity index is 1070. The van der Waals surface area contributed by atoms with E-state index in [-0.39, 0.29) is 0 Å². The molecule has 3 aromatic rings. The summed E-state index contributed by atoms with van der Waals surface area (Å²) in [5, 5.41) is 2.00. The van der Waals surface area contributed by atoms with Crippen LogP contribution in [-0.2, 0) is 0 Å². The summed E-state index contributed by atoms with van der Waals surface area (Å²) in [5.74, 6) is 2.90. The van der Waals surface area contributed by atoms with Gasteiger partial charge in [0, 0.05) is 12.0 Å². The Kier molecular flexibility index (Phi) is 8.66. The number of benzene rings is 2. The predicted octanol–water partition coefficient (Wildman–Crippen LogP) is -2.24. The molecule has 0 radical (unpaired) electrons. The van der Waals surface area contributed by atoms with E-state index >= 15 is 0 Å². The first-order chi connectivity index (χ1) is 14.7. The van der Waals surface area contributed by atoms with Gasteiger partial charge in [-0.1, -0.05) is 6.92 Å². The zero-order valence-corrected chi connectivity index (χ0v) is 18.4. The lowest BCUT2D eigenvalue weighted by Gasteiger charge is -2.17. The molecule has 0 spiro atoms. The van der Waals surface area contributed by atoms with Gasteiger partial charge >= 0.3 is 0 Å². The summed E-state index contributed by atoms with van der Waals surface area (Å²) in [6.07, 6.45) is 1.03. The third kappa shape index (κ3) is 7.12. The van der Waals surface area contributed by atoms with Crippen molar-refractivity contribution < 1.29 is 52.5 Å². The van der Waals surface area contributed by atoms with Gasteiger partial charge in [0.2, 0.25) is 5.36 Å². The van der Waals surface area contributed by atoms with E-state index in [9.17, 15) is 0 Å². The SMILES string of the molecule is CCC[NH+]=c1cc(-c2ccc(OC)c(OC)c2)oc2ccc(OC)cc12.[O-][Cl+3]([O-])([O-])[O-]. The molecule has 31 heavy (non-hydrogen) atoms. The van der Waals surface area contributed by atoms with Gasteiger partial charge in [0.1, 0.15) is 23.6 Å². The summed E-state index contributed by atoms with van der Waals surface area (Å²) in [7, 11) is -0.0345. The van der Waals surface area contributed by atoms with Crippen molar-refractivity contribution in [2.45, 2.75) is 13.3 Å². The fourth-order valence-corrected chi connectivity index (χ4v) is 2.83. The molecule has 1 heterocycles. The normalized spacial score (nSPS) is 11.7.